The van der Waals surface area contributed by atoms with Crippen molar-refractivity contribution in [2.24, 2.45) is 0 Å². The summed E-state index contributed by atoms with van der Waals surface area (Å²) in [5, 5.41) is 6.29. The van der Waals surface area contributed by atoms with Crippen LogP contribution in [0, 0.1) is 0 Å². The molecule has 2 fully saturated rings. The number of anilines is 1. The first-order chi connectivity index (χ1) is 43.3. The van der Waals surface area contributed by atoms with Crippen LogP contribution in [0.5, 0.6) is 0 Å². The summed E-state index contributed by atoms with van der Waals surface area (Å²) in [7, 11) is 0. The number of carbonyl (C=O) groups excluding carboxylic acids is 7. The summed E-state index contributed by atoms with van der Waals surface area (Å²) in [5.41, 5.74) is 0.756. The van der Waals surface area contributed by atoms with Gasteiger partial charge in [0.25, 0.3) is 0 Å². The van der Waals surface area contributed by atoms with Crippen molar-refractivity contribution >= 4 is 76.4 Å². The lowest BCUT2D eigenvalue weighted by Gasteiger charge is -2.49. The quantitative estimate of drug-likeness (QED) is 0.0410. The Labute approximate surface area is 520 Å². The number of halogens is 1. The van der Waals surface area contributed by atoms with Gasteiger partial charge in [-0.25, -0.2) is 33.6 Å². The van der Waals surface area contributed by atoms with Crippen molar-refractivity contribution in [1.29, 1.82) is 0 Å². The van der Waals surface area contributed by atoms with Crippen LogP contribution in [0.3, 0.4) is 0 Å². The van der Waals surface area contributed by atoms with Crippen LogP contribution in [-0.4, -0.2) is 121 Å². The number of carbonyl (C=O) groups is 7. The van der Waals surface area contributed by atoms with Crippen molar-refractivity contribution < 1.29 is 80.9 Å². The molecule has 8 aromatic carbocycles. The Hall–Kier alpha value is -10.1. The van der Waals surface area contributed by atoms with Crippen molar-refractivity contribution in [1.82, 2.24) is 5.32 Å². The van der Waals surface area contributed by atoms with Crippen LogP contribution in [0.25, 0.3) is 0 Å². The molecule has 0 saturated carbocycles. The van der Waals surface area contributed by atoms with Gasteiger partial charge in [-0.1, -0.05) is 145 Å². The average Bonchev–Trinajstić information content (AvgIpc) is 1.72. The number of hydrogen-bond acceptors (Lipinski definition) is 18. The summed E-state index contributed by atoms with van der Waals surface area (Å²) in [5.74, 6) is -6.65. The smallest absolute Gasteiger partial charge is 0.338 e. The molecule has 2 saturated heterocycles. The van der Waals surface area contributed by atoms with Crippen LogP contribution >= 0.6 is 23.8 Å². The molecule has 2 heterocycles. The van der Waals surface area contributed by atoms with Gasteiger partial charge >= 0.3 is 41.8 Å². The SMILES string of the molecule is O=C(OC[C@H]1O[C@@H](NC(=S)Nc2cccc(Cl)c2)[C@H](OC(=O)c2ccccc2)[C@@H](OC(=O)c2ccccc2)[C@@H]1O[C@H]1O[C@H](COC(=O)c2ccccc2)[C@@H](OC(=O)c2ccccc2)[C@H](OC(=O)c2ccccc2)[C@H]1OC(=O)c1ccccc1)c1ccccc1. The Morgan fingerprint density at radius 3 is 1.08 bits per heavy atom. The first-order valence-corrected chi connectivity index (χ1v) is 28.7. The molecule has 10 rings (SSSR count). The molecule has 0 radical (unpaired) electrons. The first kappa shape index (κ1) is 62.0. The topological polar surface area (TPSA) is 236 Å². The summed E-state index contributed by atoms with van der Waals surface area (Å²) in [6.07, 6.45) is -18.4. The number of esters is 7. The van der Waals surface area contributed by atoms with E-state index in [-0.39, 0.29) is 44.1 Å². The summed E-state index contributed by atoms with van der Waals surface area (Å²) in [6.45, 7) is -1.49. The number of hydrogen-bond donors (Lipinski definition) is 2. The molecule has 2 N–H and O–H groups in total. The van der Waals surface area contributed by atoms with Crippen molar-refractivity contribution in [2.75, 3.05) is 18.5 Å². The van der Waals surface area contributed by atoms with Crippen LogP contribution in [0.15, 0.2) is 237 Å². The highest BCUT2D eigenvalue weighted by molar-refractivity contribution is 7.80. The zero-order valence-electron chi connectivity index (χ0n) is 46.9. The second-order valence-corrected chi connectivity index (χ2v) is 20.8. The van der Waals surface area contributed by atoms with E-state index in [4.69, 9.17) is 71.2 Å². The molecule has 21 heteroatoms. The maximum atomic E-state index is 14.8. The van der Waals surface area contributed by atoms with Gasteiger partial charge in [-0.3, -0.25) is 0 Å². The first-order valence-electron chi connectivity index (χ1n) is 27.9. The molecule has 0 aromatic heterocycles. The number of rotatable bonds is 20. The van der Waals surface area contributed by atoms with E-state index in [0.717, 1.165) is 0 Å². The molecule has 10 atom stereocenters. The van der Waals surface area contributed by atoms with Crippen LogP contribution in [0.1, 0.15) is 72.5 Å². The van der Waals surface area contributed by atoms with E-state index in [1.165, 1.54) is 84.9 Å². The number of ether oxygens (including phenoxy) is 10. The van der Waals surface area contributed by atoms with Gasteiger partial charge in [0.05, 0.1) is 38.9 Å². The molecule has 0 amide bonds. The van der Waals surface area contributed by atoms with E-state index >= 15 is 0 Å². The molecular formula is C68H55ClN2O17S. The second-order valence-electron chi connectivity index (χ2n) is 20.0. The largest absolute Gasteiger partial charge is 0.459 e. The molecule has 89 heavy (non-hydrogen) atoms. The highest BCUT2D eigenvalue weighted by atomic mass is 35.5. The van der Waals surface area contributed by atoms with E-state index in [0.29, 0.717) is 10.7 Å². The molecule has 0 unspecified atom stereocenters. The van der Waals surface area contributed by atoms with Crippen LogP contribution in [0.2, 0.25) is 5.02 Å². The summed E-state index contributed by atoms with van der Waals surface area (Å²) >= 11 is 12.2. The monoisotopic (exact) mass is 1240 g/mol. The minimum atomic E-state index is -2.09. The maximum absolute atomic E-state index is 14.8. The minimum Gasteiger partial charge on any atom is -0.459 e. The average molecular weight is 1240 g/mol. The predicted molar refractivity (Wildman–Crippen MR) is 325 cm³/mol. The normalized spacial score (nSPS) is 21.0. The predicted octanol–water partition coefficient (Wildman–Crippen LogP) is 10.3. The molecule has 19 nitrogen and oxygen atoms in total. The molecule has 0 bridgehead atoms. The highest BCUT2D eigenvalue weighted by Crippen LogP contribution is 2.37. The van der Waals surface area contributed by atoms with Gasteiger partial charge in [0.15, 0.2) is 48.2 Å². The van der Waals surface area contributed by atoms with Gasteiger partial charge in [0.1, 0.15) is 31.5 Å². The third-order valence-corrected chi connectivity index (χ3v) is 14.4. The lowest BCUT2D eigenvalue weighted by Crippen LogP contribution is -2.69. The molecule has 0 aliphatic carbocycles. The van der Waals surface area contributed by atoms with Crippen molar-refractivity contribution in [3.63, 3.8) is 0 Å². The van der Waals surface area contributed by atoms with Gasteiger partial charge in [-0.2, -0.15) is 0 Å². The van der Waals surface area contributed by atoms with Crippen LogP contribution < -0.4 is 10.6 Å². The Bertz CT molecular complexity index is 3730. The standard InChI is InChI=1S/C68H55ClN2O17S/c69-49-37-22-38-50(39-49)70-68(89)71-59-57(86-65(77)47-33-18-6-19-34-47)55(84-63(75)45-29-14-4-15-30-45)54(51(81-59)40-79-60(72)42-23-8-1-9-24-42)88-67-58(87-66(78)48-35-20-7-21-36-48)56(85-64(76)46-31-16-5-17-32-46)53(83-62(74)44-27-12-3-13-28-44)52(82-67)41-80-61(73)43-25-10-2-11-26-43/h1-39,51-59,67H,40-41H2,(H2,70,71,89)/t51-,52-,53-,54-,55+,56+,57-,58-,59-,67-/m1/s1. The zero-order chi connectivity index (χ0) is 62.1. The number of nitrogens with one attached hydrogen (secondary N) is 2. The minimum absolute atomic E-state index is 0.00281. The Morgan fingerprint density at radius 2 is 0.697 bits per heavy atom. The maximum Gasteiger partial charge on any atom is 0.338 e. The Morgan fingerprint density at radius 1 is 0.371 bits per heavy atom. The number of benzene rings is 8. The lowest BCUT2D eigenvalue weighted by atomic mass is 9.95. The van der Waals surface area contributed by atoms with Crippen molar-refractivity contribution in [3.8, 4) is 0 Å². The van der Waals surface area contributed by atoms with Crippen LogP contribution in [-0.2, 0) is 47.4 Å². The van der Waals surface area contributed by atoms with Gasteiger partial charge in [0.2, 0.25) is 0 Å². The van der Waals surface area contributed by atoms with Crippen molar-refractivity contribution in [3.05, 3.63) is 281 Å². The molecule has 452 valence electrons. The van der Waals surface area contributed by atoms with Gasteiger partial charge < -0.3 is 58.0 Å². The summed E-state index contributed by atoms with van der Waals surface area (Å²) in [4.78, 5) is 101. The van der Waals surface area contributed by atoms with E-state index < -0.39 is 116 Å². The highest BCUT2D eigenvalue weighted by Gasteiger charge is 2.58. The lowest BCUT2D eigenvalue weighted by molar-refractivity contribution is -0.339. The van der Waals surface area contributed by atoms with E-state index in [1.807, 2.05) is 0 Å². The zero-order valence-corrected chi connectivity index (χ0v) is 48.5. The molecule has 8 aromatic rings. The van der Waals surface area contributed by atoms with E-state index in [1.54, 1.807) is 152 Å². The molecular weight excluding hydrogens is 1180 g/mol. The van der Waals surface area contributed by atoms with Gasteiger partial charge in [0, 0.05) is 10.7 Å². The fraction of sp³-hybridized carbons (Fsp3) is 0.176. The second kappa shape index (κ2) is 30.0. The Kier molecular flexibility index (Phi) is 20.9. The third kappa shape index (κ3) is 16.3. The van der Waals surface area contributed by atoms with Crippen LogP contribution in [0.4, 0.5) is 5.69 Å². The third-order valence-electron chi connectivity index (χ3n) is 13.9. The fourth-order valence-electron chi connectivity index (χ4n) is 9.59. The summed E-state index contributed by atoms with van der Waals surface area (Å²) in [6, 6.07) is 61.2. The molecule has 0 spiro atoms. The molecule has 2 aliphatic rings. The van der Waals surface area contributed by atoms with E-state index in [9.17, 15) is 33.6 Å². The van der Waals surface area contributed by atoms with E-state index in [2.05, 4.69) is 10.6 Å². The Balaban J connectivity index is 1.14. The van der Waals surface area contributed by atoms with Gasteiger partial charge in [-0.15, -0.1) is 0 Å². The molecule has 2 aliphatic heterocycles. The fourth-order valence-corrected chi connectivity index (χ4v) is 10.0. The number of thiocarbonyl (C=S) groups is 1. The van der Waals surface area contributed by atoms with Crippen molar-refractivity contribution in [2.45, 2.75) is 61.3 Å². The van der Waals surface area contributed by atoms with Gasteiger partial charge in [-0.05, 0) is 115 Å². The summed E-state index contributed by atoms with van der Waals surface area (Å²) < 4.78 is 64.5.